The van der Waals surface area contributed by atoms with Crippen molar-refractivity contribution < 1.29 is 32.4 Å². The molecule has 0 saturated heterocycles. The van der Waals surface area contributed by atoms with Gasteiger partial charge in [-0.05, 0) is 55.5 Å². The van der Waals surface area contributed by atoms with Crippen molar-refractivity contribution in [2.75, 3.05) is 6.61 Å². The van der Waals surface area contributed by atoms with Crippen molar-refractivity contribution in [2.24, 2.45) is 0 Å². The maximum Gasteiger partial charge on any atom is 0.530 e. The fourth-order valence-corrected chi connectivity index (χ4v) is 5.67. The van der Waals surface area contributed by atoms with Crippen LogP contribution in [0.2, 0.25) is 0 Å². The van der Waals surface area contributed by atoms with Crippen LogP contribution in [0.4, 0.5) is 0 Å². The van der Waals surface area contributed by atoms with Crippen LogP contribution in [0.1, 0.15) is 47.7 Å². The third kappa shape index (κ3) is 7.51. The third-order valence-corrected chi connectivity index (χ3v) is 8.00. The van der Waals surface area contributed by atoms with Crippen LogP contribution in [-0.4, -0.2) is 28.2 Å². The molecule has 2 aliphatic rings. The van der Waals surface area contributed by atoms with E-state index in [0.717, 1.165) is 29.5 Å². The topological polar surface area (TPSA) is 135 Å². The van der Waals surface area contributed by atoms with Crippen molar-refractivity contribution in [3.05, 3.63) is 110 Å². The normalized spacial score (nSPS) is 21.3. The molecule has 0 saturated carbocycles. The van der Waals surface area contributed by atoms with Gasteiger partial charge in [0.05, 0.1) is 13.2 Å². The molecule has 0 radical (unpaired) electrons. The monoisotopic (exact) mass is 582 g/mol. The van der Waals surface area contributed by atoms with E-state index in [1.54, 1.807) is 25.1 Å². The first-order valence-corrected chi connectivity index (χ1v) is 14.8. The first kappa shape index (κ1) is 28.8. The van der Waals surface area contributed by atoms with Crippen LogP contribution < -0.4 is 15.8 Å². The number of rotatable bonds is 11. The van der Waals surface area contributed by atoms with Crippen LogP contribution in [0.15, 0.2) is 76.5 Å². The van der Waals surface area contributed by atoms with Crippen LogP contribution in [-0.2, 0) is 47.5 Å². The first-order valence-electron chi connectivity index (χ1n) is 13.3. The molecule has 41 heavy (non-hydrogen) atoms. The Kier molecular flexibility index (Phi) is 8.99. The van der Waals surface area contributed by atoms with Crippen LogP contribution >= 0.6 is 7.82 Å². The van der Waals surface area contributed by atoms with Gasteiger partial charge in [-0.2, -0.15) is 0 Å². The number of nitrogens with one attached hydrogen (secondary N) is 1. The number of H-pyrrole nitrogens is 1. The summed E-state index contributed by atoms with van der Waals surface area (Å²) in [6.07, 6.45) is 6.04. The van der Waals surface area contributed by atoms with Crippen LogP contribution in [0.5, 0.6) is 5.75 Å². The lowest BCUT2D eigenvalue weighted by Gasteiger charge is -2.26. The minimum atomic E-state index is -3.88. The SMILES string of the molecule is Cc1cn([C@H]2C=C[C@@H](COP3(=O)OCc4cc(CCCCC(=O)OCc5ccccc5)ccc4O3)O2)c(=O)[nH]c1=O. The molecule has 1 N–H and O–H groups in total. The van der Waals surface area contributed by atoms with Gasteiger partial charge in [0.1, 0.15) is 18.5 Å². The minimum Gasteiger partial charge on any atom is -0.461 e. The predicted octanol–water partition coefficient (Wildman–Crippen LogP) is 4.49. The summed E-state index contributed by atoms with van der Waals surface area (Å²) in [5.41, 5.74) is 2.08. The highest BCUT2D eigenvalue weighted by Gasteiger charge is 2.36. The number of aromatic nitrogens is 2. The van der Waals surface area contributed by atoms with Crippen molar-refractivity contribution in [2.45, 2.75) is 58.2 Å². The number of aromatic amines is 1. The van der Waals surface area contributed by atoms with Gasteiger partial charge >= 0.3 is 19.5 Å². The lowest BCUT2D eigenvalue weighted by molar-refractivity contribution is -0.145. The molecule has 0 fully saturated rings. The number of hydrogen-bond acceptors (Lipinski definition) is 9. The second-order valence-electron chi connectivity index (χ2n) is 9.83. The Bertz CT molecular complexity index is 1580. The van der Waals surface area contributed by atoms with Gasteiger partial charge in [-0.3, -0.25) is 28.2 Å². The summed E-state index contributed by atoms with van der Waals surface area (Å²) in [7, 11) is -3.88. The lowest BCUT2D eigenvalue weighted by atomic mass is 10.0. The van der Waals surface area contributed by atoms with Crippen molar-refractivity contribution >= 4 is 13.8 Å². The standard InChI is InChI=1S/C29H31N2O9P/c1-20-16-31(29(34)30-28(20)33)26-14-12-24(39-26)19-38-41(35)37-18-23-15-21(11-13-25(23)40-41)7-5-6-10-27(32)36-17-22-8-3-2-4-9-22/h2-4,8-9,11-16,24,26H,5-7,10,17-19H2,1H3,(H,30,33,34)/t24-,26+,41?/m0/s1. The summed E-state index contributed by atoms with van der Waals surface area (Å²) in [5.74, 6) is 0.204. The van der Waals surface area contributed by atoms with Gasteiger partial charge in [0, 0.05) is 23.7 Å². The smallest absolute Gasteiger partial charge is 0.461 e. The summed E-state index contributed by atoms with van der Waals surface area (Å²) < 4.78 is 42.0. The highest BCUT2D eigenvalue weighted by Crippen LogP contribution is 2.54. The average Bonchev–Trinajstić information content (AvgIpc) is 3.45. The second kappa shape index (κ2) is 12.8. The van der Waals surface area contributed by atoms with E-state index >= 15 is 0 Å². The van der Waals surface area contributed by atoms with Gasteiger partial charge in [0.2, 0.25) is 0 Å². The highest BCUT2D eigenvalue weighted by molar-refractivity contribution is 7.49. The van der Waals surface area contributed by atoms with E-state index in [1.165, 1.54) is 10.8 Å². The van der Waals surface area contributed by atoms with Gasteiger partial charge in [-0.25, -0.2) is 9.36 Å². The molecule has 0 amide bonds. The molecule has 0 aliphatic carbocycles. The number of unbranched alkanes of at least 4 members (excludes halogenated alkanes) is 1. The third-order valence-electron chi connectivity index (χ3n) is 6.67. The van der Waals surface area contributed by atoms with E-state index in [0.29, 0.717) is 24.2 Å². The van der Waals surface area contributed by atoms with E-state index in [1.807, 2.05) is 42.5 Å². The molecule has 1 aromatic heterocycles. The Balaban J connectivity index is 1.05. The Hall–Kier alpha value is -3.76. The zero-order valence-corrected chi connectivity index (χ0v) is 23.4. The Morgan fingerprint density at radius 3 is 2.76 bits per heavy atom. The van der Waals surface area contributed by atoms with Gasteiger partial charge in [0.15, 0.2) is 6.23 Å². The molecule has 3 atom stereocenters. The molecule has 11 nitrogen and oxygen atoms in total. The number of fused-ring (bicyclic) bond motifs is 1. The van der Waals surface area contributed by atoms with Crippen LogP contribution in [0.25, 0.3) is 0 Å². The van der Waals surface area contributed by atoms with E-state index in [-0.39, 0.29) is 25.8 Å². The van der Waals surface area contributed by atoms with Crippen molar-refractivity contribution in [3.8, 4) is 5.75 Å². The molecule has 3 heterocycles. The summed E-state index contributed by atoms with van der Waals surface area (Å²) in [4.78, 5) is 38.0. The number of phosphoric ester groups is 1. The Morgan fingerprint density at radius 2 is 1.93 bits per heavy atom. The molecule has 216 valence electrons. The molecule has 0 spiro atoms. The van der Waals surface area contributed by atoms with Gasteiger partial charge in [0.25, 0.3) is 5.56 Å². The molecule has 12 heteroatoms. The van der Waals surface area contributed by atoms with Crippen LogP contribution in [0.3, 0.4) is 0 Å². The molecule has 5 rings (SSSR count). The molecule has 0 bridgehead atoms. The van der Waals surface area contributed by atoms with Gasteiger partial charge in [-0.1, -0.05) is 42.5 Å². The number of ether oxygens (including phenoxy) is 2. The maximum absolute atomic E-state index is 13.1. The van der Waals surface area contributed by atoms with E-state index in [9.17, 15) is 18.9 Å². The number of phosphoric acid groups is 1. The lowest BCUT2D eigenvalue weighted by Crippen LogP contribution is -2.33. The minimum absolute atomic E-state index is 0.0578. The molecular formula is C29H31N2O9P. The molecule has 2 aromatic carbocycles. The van der Waals surface area contributed by atoms with Crippen LogP contribution in [0, 0.1) is 6.92 Å². The summed E-state index contributed by atoms with van der Waals surface area (Å²) in [5, 5.41) is 0. The number of esters is 1. The molecular weight excluding hydrogens is 551 g/mol. The predicted molar refractivity (Wildman–Crippen MR) is 148 cm³/mol. The summed E-state index contributed by atoms with van der Waals surface area (Å²) in [6, 6.07) is 15.1. The van der Waals surface area contributed by atoms with E-state index < -0.39 is 31.4 Å². The van der Waals surface area contributed by atoms with E-state index in [4.69, 9.17) is 23.0 Å². The fraction of sp³-hybridized carbons (Fsp3) is 0.345. The van der Waals surface area contributed by atoms with Crippen molar-refractivity contribution in [3.63, 3.8) is 0 Å². The zero-order chi connectivity index (χ0) is 28.8. The average molecular weight is 583 g/mol. The van der Waals surface area contributed by atoms with Gasteiger partial charge in [-0.15, -0.1) is 0 Å². The number of hydrogen-bond donors (Lipinski definition) is 1. The largest absolute Gasteiger partial charge is 0.530 e. The number of aryl methyl sites for hydroxylation is 2. The maximum atomic E-state index is 13.1. The quantitative estimate of drug-likeness (QED) is 0.150. The van der Waals surface area contributed by atoms with Gasteiger partial charge < -0.3 is 14.0 Å². The van der Waals surface area contributed by atoms with Crippen molar-refractivity contribution in [1.82, 2.24) is 9.55 Å². The highest BCUT2D eigenvalue weighted by atomic mass is 31.2. The zero-order valence-electron chi connectivity index (χ0n) is 22.5. The summed E-state index contributed by atoms with van der Waals surface area (Å²) in [6.45, 7) is 1.80. The fourth-order valence-electron chi connectivity index (χ4n) is 4.44. The second-order valence-corrected chi connectivity index (χ2v) is 11.4. The number of benzene rings is 2. The number of nitrogens with zero attached hydrogens (tertiary/aromatic N) is 1. The number of carbonyl (C=O) groups is 1. The Labute approximate surface area is 236 Å². The first-order chi connectivity index (χ1) is 19.8. The van der Waals surface area contributed by atoms with E-state index in [2.05, 4.69) is 4.98 Å². The Morgan fingerprint density at radius 1 is 1.10 bits per heavy atom. The molecule has 1 unspecified atom stereocenters. The summed E-state index contributed by atoms with van der Waals surface area (Å²) >= 11 is 0. The molecule has 2 aliphatic heterocycles. The van der Waals surface area contributed by atoms with Crippen molar-refractivity contribution in [1.29, 1.82) is 0 Å². The number of carbonyl (C=O) groups excluding carboxylic acids is 1. The molecule has 3 aromatic rings.